The maximum absolute atomic E-state index is 13.4. The first-order valence-electron chi connectivity index (χ1n) is 11.6. The van der Waals surface area contributed by atoms with Gasteiger partial charge in [-0.2, -0.15) is 0 Å². The van der Waals surface area contributed by atoms with Crippen LogP contribution in [0.3, 0.4) is 0 Å². The minimum Gasteiger partial charge on any atom is -0.478 e. The summed E-state index contributed by atoms with van der Waals surface area (Å²) in [5, 5.41) is 16.9. The maximum atomic E-state index is 13.4. The van der Waals surface area contributed by atoms with Gasteiger partial charge in [0.25, 0.3) is 0 Å². The van der Waals surface area contributed by atoms with E-state index in [2.05, 4.69) is 66.0 Å². The SMILES string of the molecule is CC1(C)CC(OC(=O)c2ccc(C(=O)O)cc2C2CC(C)(C)NC(C)(C)C2)CC(C)(C)N1. The van der Waals surface area contributed by atoms with E-state index in [0.29, 0.717) is 5.56 Å². The molecule has 1 aromatic rings. The Morgan fingerprint density at radius 2 is 1.31 bits per heavy atom. The number of hydrogen-bond donors (Lipinski definition) is 3. The first kappa shape index (κ1) is 24.7. The average molecular weight is 445 g/mol. The molecule has 3 rings (SSSR count). The highest BCUT2D eigenvalue weighted by Crippen LogP contribution is 2.41. The first-order valence-corrected chi connectivity index (χ1v) is 11.6. The molecule has 6 heteroatoms. The fourth-order valence-corrected chi connectivity index (χ4v) is 6.29. The summed E-state index contributed by atoms with van der Waals surface area (Å²) in [6.45, 7) is 17.1. The lowest BCUT2D eigenvalue weighted by molar-refractivity contribution is -0.00665. The topological polar surface area (TPSA) is 87.7 Å². The molecule has 6 nitrogen and oxygen atoms in total. The molecule has 0 aromatic heterocycles. The Bertz CT molecular complexity index is 869. The smallest absolute Gasteiger partial charge is 0.338 e. The molecule has 1 aromatic carbocycles. The van der Waals surface area contributed by atoms with Gasteiger partial charge in [-0.05, 0) is 97.9 Å². The summed E-state index contributed by atoms with van der Waals surface area (Å²) in [6.07, 6.45) is 2.90. The third-order valence-corrected chi connectivity index (χ3v) is 6.57. The molecule has 178 valence electrons. The number of piperidine rings is 2. The van der Waals surface area contributed by atoms with Crippen LogP contribution in [0, 0.1) is 0 Å². The summed E-state index contributed by atoms with van der Waals surface area (Å²) in [7, 11) is 0. The summed E-state index contributed by atoms with van der Waals surface area (Å²) >= 11 is 0. The van der Waals surface area contributed by atoms with E-state index in [4.69, 9.17) is 4.74 Å². The molecule has 2 saturated heterocycles. The van der Waals surface area contributed by atoms with Crippen molar-refractivity contribution in [3.63, 3.8) is 0 Å². The number of benzene rings is 1. The molecule has 2 aliphatic heterocycles. The van der Waals surface area contributed by atoms with Crippen LogP contribution in [0.4, 0.5) is 0 Å². The highest BCUT2D eigenvalue weighted by atomic mass is 16.5. The Morgan fingerprint density at radius 1 is 0.844 bits per heavy atom. The molecular weight excluding hydrogens is 404 g/mol. The van der Waals surface area contributed by atoms with Crippen molar-refractivity contribution in [1.82, 2.24) is 10.6 Å². The number of nitrogens with one attached hydrogen (secondary N) is 2. The van der Waals surface area contributed by atoms with Gasteiger partial charge in [0, 0.05) is 35.0 Å². The van der Waals surface area contributed by atoms with Gasteiger partial charge in [0.1, 0.15) is 6.10 Å². The maximum Gasteiger partial charge on any atom is 0.338 e. The monoisotopic (exact) mass is 444 g/mol. The number of rotatable bonds is 4. The van der Waals surface area contributed by atoms with E-state index < -0.39 is 5.97 Å². The number of carboxylic acids is 1. The van der Waals surface area contributed by atoms with Crippen LogP contribution in [0.25, 0.3) is 0 Å². The second kappa shape index (κ2) is 8.14. The Hall–Kier alpha value is -1.92. The van der Waals surface area contributed by atoms with Crippen molar-refractivity contribution >= 4 is 11.9 Å². The molecule has 2 aliphatic rings. The third-order valence-electron chi connectivity index (χ3n) is 6.57. The molecule has 32 heavy (non-hydrogen) atoms. The zero-order chi connectivity index (χ0) is 24.1. The molecule has 0 radical (unpaired) electrons. The molecule has 2 heterocycles. The minimum atomic E-state index is -0.986. The molecular formula is C26H40N2O4. The lowest BCUT2D eigenvalue weighted by atomic mass is 9.72. The summed E-state index contributed by atoms with van der Waals surface area (Å²) in [5.74, 6) is -1.28. The number of esters is 1. The van der Waals surface area contributed by atoms with Crippen molar-refractivity contribution in [1.29, 1.82) is 0 Å². The van der Waals surface area contributed by atoms with Crippen molar-refractivity contribution in [2.24, 2.45) is 0 Å². The number of hydrogen-bond acceptors (Lipinski definition) is 5. The van der Waals surface area contributed by atoms with Crippen molar-refractivity contribution in [2.75, 3.05) is 0 Å². The zero-order valence-corrected chi connectivity index (χ0v) is 20.9. The summed E-state index contributed by atoms with van der Waals surface area (Å²) < 4.78 is 6.04. The highest BCUT2D eigenvalue weighted by molar-refractivity contribution is 5.94. The molecule has 3 N–H and O–H groups in total. The summed E-state index contributed by atoms with van der Waals surface area (Å²) in [6, 6.07) is 4.83. The average Bonchev–Trinajstić information content (AvgIpc) is 2.55. The largest absolute Gasteiger partial charge is 0.478 e. The molecule has 0 spiro atoms. The van der Waals surface area contributed by atoms with Crippen LogP contribution >= 0.6 is 0 Å². The molecule has 0 bridgehead atoms. The molecule has 0 aliphatic carbocycles. The normalized spacial score (nSPS) is 24.6. The summed E-state index contributed by atoms with van der Waals surface area (Å²) in [4.78, 5) is 25.1. The molecule has 0 unspecified atom stereocenters. The Labute approximate surface area is 192 Å². The van der Waals surface area contributed by atoms with Crippen LogP contribution in [-0.2, 0) is 4.74 Å². The number of carbonyl (C=O) groups is 2. The number of aromatic carboxylic acids is 1. The van der Waals surface area contributed by atoms with E-state index in [1.807, 2.05) is 0 Å². The second-order valence-electron chi connectivity index (χ2n) is 12.4. The van der Waals surface area contributed by atoms with Crippen LogP contribution in [0.2, 0.25) is 0 Å². The molecule has 0 saturated carbocycles. The predicted molar refractivity (Wildman–Crippen MR) is 126 cm³/mol. The number of carbonyl (C=O) groups excluding carboxylic acids is 1. The Morgan fingerprint density at radius 3 is 1.78 bits per heavy atom. The van der Waals surface area contributed by atoms with Crippen LogP contribution in [0.5, 0.6) is 0 Å². The van der Waals surface area contributed by atoms with Crippen LogP contribution in [0.1, 0.15) is 113 Å². The molecule has 2 fully saturated rings. The second-order valence-corrected chi connectivity index (χ2v) is 12.4. The van der Waals surface area contributed by atoms with Crippen molar-refractivity contribution < 1.29 is 19.4 Å². The number of carboxylic acid groups (broad SMARTS) is 1. The predicted octanol–water partition coefficient (Wildman–Crippen LogP) is 4.88. The van der Waals surface area contributed by atoms with Gasteiger partial charge in [-0.25, -0.2) is 9.59 Å². The van der Waals surface area contributed by atoms with Gasteiger partial charge < -0.3 is 20.5 Å². The van der Waals surface area contributed by atoms with Gasteiger partial charge in [-0.3, -0.25) is 0 Å². The van der Waals surface area contributed by atoms with Crippen molar-refractivity contribution in [3.8, 4) is 0 Å². The first-order chi connectivity index (χ1) is 14.5. The van der Waals surface area contributed by atoms with E-state index >= 15 is 0 Å². The van der Waals surface area contributed by atoms with Gasteiger partial charge >= 0.3 is 11.9 Å². The van der Waals surface area contributed by atoms with Gasteiger partial charge in [0.05, 0.1) is 11.1 Å². The highest BCUT2D eigenvalue weighted by Gasteiger charge is 2.41. The molecule has 0 amide bonds. The van der Waals surface area contributed by atoms with E-state index in [-0.39, 0.29) is 45.7 Å². The van der Waals surface area contributed by atoms with Crippen molar-refractivity contribution in [3.05, 3.63) is 34.9 Å². The summed E-state index contributed by atoms with van der Waals surface area (Å²) in [5.41, 5.74) is 0.950. The van der Waals surface area contributed by atoms with Crippen LogP contribution < -0.4 is 10.6 Å². The fraction of sp³-hybridized carbons (Fsp3) is 0.692. The van der Waals surface area contributed by atoms with E-state index in [9.17, 15) is 14.7 Å². The van der Waals surface area contributed by atoms with Gasteiger partial charge in [-0.15, -0.1) is 0 Å². The van der Waals surface area contributed by atoms with Crippen LogP contribution in [0.15, 0.2) is 18.2 Å². The van der Waals surface area contributed by atoms with E-state index in [1.165, 1.54) is 6.07 Å². The Kier molecular flexibility index (Phi) is 6.29. The van der Waals surface area contributed by atoms with E-state index in [0.717, 1.165) is 31.2 Å². The van der Waals surface area contributed by atoms with Gasteiger partial charge in [-0.1, -0.05) is 0 Å². The zero-order valence-electron chi connectivity index (χ0n) is 20.9. The Balaban J connectivity index is 1.94. The number of ether oxygens (including phenoxy) is 1. The minimum absolute atomic E-state index is 0.0593. The van der Waals surface area contributed by atoms with E-state index in [1.54, 1.807) is 12.1 Å². The molecule has 0 atom stereocenters. The standard InChI is InChI=1S/C26H40N2O4/c1-23(2)12-17(13-24(3,4)27-23)20-11-16(21(29)30)9-10-19(20)22(31)32-18-14-25(5,6)28-26(7,8)15-18/h9-11,17-18,27-28H,12-15H2,1-8H3,(H,29,30). The third kappa shape index (κ3) is 5.90. The lowest BCUT2D eigenvalue weighted by Gasteiger charge is -2.47. The lowest BCUT2D eigenvalue weighted by Crippen LogP contribution is -2.59. The quantitative estimate of drug-likeness (QED) is 0.574. The van der Waals surface area contributed by atoms with Crippen molar-refractivity contribution in [2.45, 2.75) is 115 Å². The van der Waals surface area contributed by atoms with Crippen LogP contribution in [-0.4, -0.2) is 45.3 Å². The van der Waals surface area contributed by atoms with Gasteiger partial charge in [0.2, 0.25) is 0 Å². The fourth-order valence-electron chi connectivity index (χ4n) is 6.29. The van der Waals surface area contributed by atoms with Gasteiger partial charge in [0.15, 0.2) is 0 Å².